The summed E-state index contributed by atoms with van der Waals surface area (Å²) in [5, 5.41) is 15.0. The van der Waals surface area contributed by atoms with E-state index in [1.807, 2.05) is 12.1 Å². The summed E-state index contributed by atoms with van der Waals surface area (Å²) in [6.45, 7) is 1.62. The second kappa shape index (κ2) is 7.35. The second-order valence-electron chi connectivity index (χ2n) is 4.70. The summed E-state index contributed by atoms with van der Waals surface area (Å²) in [4.78, 5) is 24.9. The largest absolute Gasteiger partial charge is 0.480 e. The molecule has 1 unspecified atom stereocenters. The molecule has 1 atom stereocenters. The summed E-state index contributed by atoms with van der Waals surface area (Å²) >= 11 is 6.72. The van der Waals surface area contributed by atoms with Crippen molar-refractivity contribution in [1.82, 2.24) is 10.2 Å². The van der Waals surface area contributed by atoms with Crippen molar-refractivity contribution in [2.75, 3.05) is 31.5 Å². The highest BCUT2D eigenvalue weighted by Crippen LogP contribution is 2.26. The van der Waals surface area contributed by atoms with Crippen LogP contribution >= 0.6 is 31.9 Å². The first kappa shape index (κ1) is 16.4. The van der Waals surface area contributed by atoms with Gasteiger partial charge in [-0.3, -0.25) is 14.5 Å². The molecule has 1 fully saturated rings. The Bertz CT molecular complexity index is 553. The molecule has 0 radical (unpaired) electrons. The minimum absolute atomic E-state index is 0.0567. The van der Waals surface area contributed by atoms with Crippen LogP contribution < -0.4 is 10.6 Å². The van der Waals surface area contributed by atoms with Gasteiger partial charge in [-0.05, 0) is 34.1 Å². The lowest BCUT2D eigenvalue weighted by Crippen LogP contribution is -2.56. The number of carboxylic acid groups (broad SMARTS) is 1. The first-order chi connectivity index (χ1) is 9.97. The molecule has 3 N–H and O–H groups in total. The fraction of sp³-hybridized carbons (Fsp3) is 0.385. The molecular weight excluding hydrogens is 406 g/mol. The Kier molecular flexibility index (Phi) is 5.74. The lowest BCUT2D eigenvalue weighted by atomic mass is 10.2. The number of hydrogen-bond donors (Lipinski definition) is 3. The highest BCUT2D eigenvalue weighted by molar-refractivity contribution is 9.11. The number of piperazine rings is 1. The van der Waals surface area contributed by atoms with Gasteiger partial charge in [-0.15, -0.1) is 0 Å². The molecule has 6 nitrogen and oxygen atoms in total. The van der Waals surface area contributed by atoms with Gasteiger partial charge in [-0.1, -0.05) is 15.9 Å². The molecule has 2 rings (SSSR count). The second-order valence-corrected chi connectivity index (χ2v) is 6.47. The van der Waals surface area contributed by atoms with Gasteiger partial charge in [-0.25, -0.2) is 0 Å². The monoisotopic (exact) mass is 419 g/mol. The zero-order valence-corrected chi connectivity index (χ0v) is 14.3. The van der Waals surface area contributed by atoms with E-state index in [1.54, 1.807) is 11.0 Å². The van der Waals surface area contributed by atoms with Gasteiger partial charge in [0.2, 0.25) is 5.91 Å². The number of anilines is 1. The third-order valence-electron chi connectivity index (χ3n) is 3.19. The molecule has 1 aliphatic heterocycles. The van der Waals surface area contributed by atoms with Gasteiger partial charge in [0.05, 0.1) is 12.2 Å². The highest BCUT2D eigenvalue weighted by atomic mass is 79.9. The zero-order valence-electron chi connectivity index (χ0n) is 11.1. The molecule has 1 aromatic rings. The average Bonchev–Trinajstić information content (AvgIpc) is 2.42. The van der Waals surface area contributed by atoms with E-state index in [4.69, 9.17) is 5.11 Å². The van der Waals surface area contributed by atoms with E-state index >= 15 is 0 Å². The number of carboxylic acids is 1. The molecule has 8 heteroatoms. The van der Waals surface area contributed by atoms with Crippen molar-refractivity contribution < 1.29 is 14.7 Å². The van der Waals surface area contributed by atoms with Crippen LogP contribution in [0, 0.1) is 0 Å². The van der Waals surface area contributed by atoms with Gasteiger partial charge >= 0.3 is 5.97 Å². The quantitative estimate of drug-likeness (QED) is 0.687. The van der Waals surface area contributed by atoms with Crippen molar-refractivity contribution in [3.8, 4) is 0 Å². The molecule has 0 aromatic heterocycles. The normalized spacial score (nSPS) is 19.2. The number of carbonyl (C=O) groups is 2. The Morgan fingerprint density at radius 3 is 2.86 bits per heavy atom. The van der Waals surface area contributed by atoms with Crippen molar-refractivity contribution >= 4 is 49.4 Å². The SMILES string of the molecule is O=C(CN1CCNCC1C(=O)O)Nc1ccc(Br)cc1Br. The van der Waals surface area contributed by atoms with E-state index in [-0.39, 0.29) is 12.5 Å². The minimum atomic E-state index is -0.917. The van der Waals surface area contributed by atoms with E-state index in [0.29, 0.717) is 25.3 Å². The smallest absolute Gasteiger partial charge is 0.322 e. The number of hydrogen-bond acceptors (Lipinski definition) is 4. The Morgan fingerprint density at radius 1 is 1.43 bits per heavy atom. The first-order valence-corrected chi connectivity index (χ1v) is 7.98. The Balaban J connectivity index is 1.98. The predicted octanol–water partition coefficient (Wildman–Crippen LogP) is 1.51. The van der Waals surface area contributed by atoms with Crippen molar-refractivity contribution in [1.29, 1.82) is 0 Å². The van der Waals surface area contributed by atoms with Gasteiger partial charge in [0.25, 0.3) is 0 Å². The van der Waals surface area contributed by atoms with E-state index in [1.165, 1.54) is 0 Å². The highest BCUT2D eigenvalue weighted by Gasteiger charge is 2.29. The summed E-state index contributed by atoms with van der Waals surface area (Å²) in [5.41, 5.74) is 0.658. The van der Waals surface area contributed by atoms with Crippen molar-refractivity contribution in [2.45, 2.75) is 6.04 Å². The number of nitrogens with one attached hydrogen (secondary N) is 2. The molecule has 1 heterocycles. The number of amides is 1. The Morgan fingerprint density at radius 2 is 2.19 bits per heavy atom. The molecule has 1 aromatic carbocycles. The molecule has 1 aliphatic rings. The molecule has 114 valence electrons. The van der Waals surface area contributed by atoms with Gasteiger partial charge < -0.3 is 15.7 Å². The summed E-state index contributed by atoms with van der Waals surface area (Å²) < 4.78 is 1.67. The van der Waals surface area contributed by atoms with E-state index in [0.717, 1.165) is 8.95 Å². The predicted molar refractivity (Wildman–Crippen MR) is 86.3 cm³/mol. The number of aliphatic carboxylic acids is 1. The van der Waals surface area contributed by atoms with E-state index in [9.17, 15) is 9.59 Å². The van der Waals surface area contributed by atoms with Crippen LogP contribution in [0.5, 0.6) is 0 Å². The number of benzene rings is 1. The van der Waals surface area contributed by atoms with Crippen LogP contribution in [0.2, 0.25) is 0 Å². The maximum absolute atomic E-state index is 12.1. The molecule has 21 heavy (non-hydrogen) atoms. The summed E-state index contributed by atoms with van der Waals surface area (Å²) in [6, 6.07) is 4.77. The fourth-order valence-electron chi connectivity index (χ4n) is 2.14. The Labute approximate surface area is 139 Å². The third-order valence-corrected chi connectivity index (χ3v) is 4.34. The zero-order chi connectivity index (χ0) is 15.4. The molecule has 0 aliphatic carbocycles. The maximum Gasteiger partial charge on any atom is 0.322 e. The fourth-order valence-corrected chi connectivity index (χ4v) is 3.29. The van der Waals surface area contributed by atoms with Crippen LogP contribution in [0.3, 0.4) is 0 Å². The van der Waals surface area contributed by atoms with Gasteiger partial charge in [0, 0.05) is 28.6 Å². The van der Waals surface area contributed by atoms with Gasteiger partial charge in [0.15, 0.2) is 0 Å². The topological polar surface area (TPSA) is 81.7 Å². The van der Waals surface area contributed by atoms with Crippen molar-refractivity contribution in [2.24, 2.45) is 0 Å². The molecule has 1 saturated heterocycles. The van der Waals surface area contributed by atoms with Crippen LogP contribution in [-0.2, 0) is 9.59 Å². The van der Waals surface area contributed by atoms with Crippen LogP contribution in [0.25, 0.3) is 0 Å². The van der Waals surface area contributed by atoms with Crippen LogP contribution in [0.15, 0.2) is 27.1 Å². The summed E-state index contributed by atoms with van der Waals surface area (Å²) in [7, 11) is 0. The van der Waals surface area contributed by atoms with Crippen LogP contribution in [0.1, 0.15) is 0 Å². The maximum atomic E-state index is 12.1. The van der Waals surface area contributed by atoms with Gasteiger partial charge in [0.1, 0.15) is 6.04 Å². The van der Waals surface area contributed by atoms with E-state index < -0.39 is 12.0 Å². The number of carbonyl (C=O) groups excluding carboxylic acids is 1. The summed E-state index contributed by atoms with van der Waals surface area (Å²) in [5.74, 6) is -1.15. The van der Waals surface area contributed by atoms with Crippen molar-refractivity contribution in [3.63, 3.8) is 0 Å². The third kappa shape index (κ3) is 4.50. The molecule has 0 bridgehead atoms. The van der Waals surface area contributed by atoms with Crippen LogP contribution in [0.4, 0.5) is 5.69 Å². The van der Waals surface area contributed by atoms with E-state index in [2.05, 4.69) is 42.5 Å². The Hall–Kier alpha value is -0.960. The van der Waals surface area contributed by atoms with Crippen LogP contribution in [-0.4, -0.2) is 54.1 Å². The number of halogens is 2. The standard InChI is InChI=1S/C13H15Br2N3O3/c14-8-1-2-10(9(15)5-8)17-12(19)7-18-4-3-16-6-11(18)13(20)21/h1-2,5,11,16H,3-4,6-7H2,(H,17,19)(H,20,21). The number of nitrogens with zero attached hydrogens (tertiary/aromatic N) is 1. The first-order valence-electron chi connectivity index (χ1n) is 6.40. The molecule has 1 amide bonds. The van der Waals surface area contributed by atoms with Gasteiger partial charge in [-0.2, -0.15) is 0 Å². The average molecular weight is 421 g/mol. The molecular formula is C13H15Br2N3O3. The molecule has 0 saturated carbocycles. The molecule has 0 spiro atoms. The minimum Gasteiger partial charge on any atom is -0.480 e. The summed E-state index contributed by atoms with van der Waals surface area (Å²) in [6.07, 6.45) is 0. The number of rotatable bonds is 4. The van der Waals surface area contributed by atoms with Crippen molar-refractivity contribution in [3.05, 3.63) is 27.1 Å². The lowest BCUT2D eigenvalue weighted by molar-refractivity contribution is -0.144. The lowest BCUT2D eigenvalue weighted by Gasteiger charge is -2.32.